The summed E-state index contributed by atoms with van der Waals surface area (Å²) in [6.45, 7) is 0.372. The highest BCUT2D eigenvalue weighted by Crippen LogP contribution is 2.35. The minimum absolute atomic E-state index is 0.0589. The lowest BCUT2D eigenvalue weighted by Gasteiger charge is -2.09. The number of ether oxygens (including phenoxy) is 2. The van der Waals surface area contributed by atoms with E-state index in [1.165, 1.54) is 0 Å². The first-order valence-corrected chi connectivity index (χ1v) is 8.68. The number of fused-ring (bicyclic) bond motifs is 1. The standard InChI is InChI=1S/C16H17NO4S/c18-22(19,10-9-13-5-2-1-3-6-13)17-11-14-7-4-8-15-16(14)21-12-20-15/h1-8,17H,9-12H2. The smallest absolute Gasteiger partial charge is 0.231 e. The quantitative estimate of drug-likeness (QED) is 0.885. The fourth-order valence-electron chi connectivity index (χ4n) is 2.29. The third-order valence-electron chi connectivity index (χ3n) is 3.46. The summed E-state index contributed by atoms with van der Waals surface area (Å²) in [5.74, 6) is 1.33. The molecule has 0 unspecified atom stereocenters. The predicted octanol–water partition coefficient (Wildman–Crippen LogP) is 2.08. The average molecular weight is 319 g/mol. The van der Waals surface area contributed by atoms with Gasteiger partial charge in [0.2, 0.25) is 16.8 Å². The van der Waals surface area contributed by atoms with Gasteiger partial charge >= 0.3 is 0 Å². The van der Waals surface area contributed by atoms with E-state index in [2.05, 4.69) is 4.72 Å². The molecule has 2 aromatic carbocycles. The zero-order valence-corrected chi connectivity index (χ0v) is 12.8. The summed E-state index contributed by atoms with van der Waals surface area (Å²) >= 11 is 0. The van der Waals surface area contributed by atoms with Gasteiger partial charge in [0.15, 0.2) is 11.5 Å². The Labute approximate surface area is 129 Å². The van der Waals surface area contributed by atoms with Crippen LogP contribution in [0.5, 0.6) is 11.5 Å². The monoisotopic (exact) mass is 319 g/mol. The van der Waals surface area contributed by atoms with Gasteiger partial charge in [-0.3, -0.25) is 0 Å². The number of aryl methyl sites for hydroxylation is 1. The van der Waals surface area contributed by atoms with E-state index in [-0.39, 0.29) is 19.1 Å². The Morgan fingerprint density at radius 1 is 1.00 bits per heavy atom. The molecule has 1 N–H and O–H groups in total. The van der Waals surface area contributed by atoms with Crippen LogP contribution in [0.1, 0.15) is 11.1 Å². The van der Waals surface area contributed by atoms with Crippen molar-refractivity contribution in [2.24, 2.45) is 0 Å². The van der Waals surface area contributed by atoms with Crippen LogP contribution in [0, 0.1) is 0 Å². The second-order valence-electron chi connectivity index (χ2n) is 5.03. The van der Waals surface area contributed by atoms with E-state index in [1.54, 1.807) is 6.07 Å². The maximum atomic E-state index is 12.1. The van der Waals surface area contributed by atoms with Gasteiger partial charge in [-0.2, -0.15) is 0 Å². The summed E-state index contributed by atoms with van der Waals surface area (Å²) in [5, 5.41) is 0. The Morgan fingerprint density at radius 2 is 1.82 bits per heavy atom. The van der Waals surface area contributed by atoms with Crippen molar-refractivity contribution in [2.75, 3.05) is 12.5 Å². The van der Waals surface area contributed by atoms with Crippen LogP contribution in [0.2, 0.25) is 0 Å². The Bertz CT molecular complexity index is 744. The van der Waals surface area contributed by atoms with E-state index in [0.29, 0.717) is 17.9 Å². The number of rotatable bonds is 6. The molecule has 2 aromatic rings. The summed E-state index contributed by atoms with van der Waals surface area (Å²) in [5.41, 5.74) is 1.78. The summed E-state index contributed by atoms with van der Waals surface area (Å²) in [6, 6.07) is 15.0. The lowest BCUT2D eigenvalue weighted by molar-refractivity contribution is 0.173. The summed E-state index contributed by atoms with van der Waals surface area (Å²) < 4.78 is 37.4. The van der Waals surface area contributed by atoms with Gasteiger partial charge in [0.1, 0.15) is 0 Å². The molecule has 3 rings (SSSR count). The largest absolute Gasteiger partial charge is 0.454 e. The minimum Gasteiger partial charge on any atom is -0.454 e. The summed E-state index contributed by atoms with van der Waals surface area (Å²) in [6.07, 6.45) is 0.489. The van der Waals surface area contributed by atoms with Crippen molar-refractivity contribution in [3.8, 4) is 11.5 Å². The third-order valence-corrected chi connectivity index (χ3v) is 4.79. The van der Waals surface area contributed by atoms with Crippen molar-refractivity contribution in [1.29, 1.82) is 0 Å². The Kier molecular flexibility index (Phi) is 4.31. The first-order valence-electron chi connectivity index (χ1n) is 7.03. The topological polar surface area (TPSA) is 64.6 Å². The van der Waals surface area contributed by atoms with Gasteiger partial charge in [-0.05, 0) is 18.1 Å². The van der Waals surface area contributed by atoms with Crippen molar-refractivity contribution in [3.05, 3.63) is 59.7 Å². The van der Waals surface area contributed by atoms with E-state index in [9.17, 15) is 8.42 Å². The molecule has 0 amide bonds. The van der Waals surface area contributed by atoms with E-state index < -0.39 is 10.0 Å². The van der Waals surface area contributed by atoms with Gasteiger partial charge in [-0.25, -0.2) is 13.1 Å². The van der Waals surface area contributed by atoms with Crippen molar-refractivity contribution < 1.29 is 17.9 Å². The number of benzene rings is 2. The van der Waals surface area contributed by atoms with Crippen LogP contribution in [-0.4, -0.2) is 21.0 Å². The van der Waals surface area contributed by atoms with Gasteiger partial charge in [-0.1, -0.05) is 42.5 Å². The molecular formula is C16H17NO4S. The van der Waals surface area contributed by atoms with Gasteiger partial charge in [0.25, 0.3) is 0 Å². The Morgan fingerprint density at radius 3 is 2.64 bits per heavy atom. The summed E-state index contributed by atoms with van der Waals surface area (Å²) in [7, 11) is -3.34. The van der Waals surface area contributed by atoms with Crippen molar-refractivity contribution in [3.63, 3.8) is 0 Å². The Hall–Kier alpha value is -2.05. The fraction of sp³-hybridized carbons (Fsp3) is 0.250. The van der Waals surface area contributed by atoms with Crippen LogP contribution in [0.15, 0.2) is 48.5 Å². The molecule has 6 heteroatoms. The van der Waals surface area contributed by atoms with Gasteiger partial charge in [0.05, 0.1) is 5.75 Å². The molecule has 0 atom stereocenters. The zero-order chi connectivity index (χ0) is 15.4. The second-order valence-corrected chi connectivity index (χ2v) is 6.95. The first kappa shape index (κ1) is 14.9. The number of hydrogen-bond donors (Lipinski definition) is 1. The van der Waals surface area contributed by atoms with Crippen molar-refractivity contribution in [2.45, 2.75) is 13.0 Å². The molecule has 116 valence electrons. The molecule has 0 spiro atoms. The van der Waals surface area contributed by atoms with Crippen LogP contribution in [0.4, 0.5) is 0 Å². The number of hydrogen-bond acceptors (Lipinski definition) is 4. The van der Waals surface area contributed by atoms with Crippen LogP contribution in [0.25, 0.3) is 0 Å². The number of nitrogens with one attached hydrogen (secondary N) is 1. The van der Waals surface area contributed by atoms with Gasteiger partial charge in [-0.15, -0.1) is 0 Å². The predicted molar refractivity (Wildman–Crippen MR) is 83.3 cm³/mol. The SMILES string of the molecule is O=S(=O)(CCc1ccccc1)NCc1cccc2c1OCO2. The highest BCUT2D eigenvalue weighted by atomic mass is 32.2. The molecule has 0 saturated carbocycles. The van der Waals surface area contributed by atoms with Crippen LogP contribution in [-0.2, 0) is 23.0 Å². The van der Waals surface area contributed by atoms with E-state index in [4.69, 9.17) is 9.47 Å². The average Bonchev–Trinajstić information content (AvgIpc) is 3.01. The molecule has 5 nitrogen and oxygen atoms in total. The second kappa shape index (κ2) is 6.37. The normalized spacial score (nSPS) is 13.3. The molecule has 22 heavy (non-hydrogen) atoms. The molecule has 0 bridgehead atoms. The zero-order valence-electron chi connectivity index (χ0n) is 12.0. The number of para-hydroxylation sites is 1. The van der Waals surface area contributed by atoms with Crippen molar-refractivity contribution >= 4 is 10.0 Å². The third kappa shape index (κ3) is 3.58. The first-order chi connectivity index (χ1) is 10.6. The molecule has 0 radical (unpaired) electrons. The maximum absolute atomic E-state index is 12.1. The minimum atomic E-state index is -3.34. The van der Waals surface area contributed by atoms with Crippen LogP contribution in [0.3, 0.4) is 0 Å². The highest BCUT2D eigenvalue weighted by Gasteiger charge is 2.18. The molecule has 1 heterocycles. The Balaban J connectivity index is 1.60. The van der Waals surface area contributed by atoms with E-state index in [1.807, 2.05) is 42.5 Å². The molecule has 0 aliphatic carbocycles. The summed E-state index contributed by atoms with van der Waals surface area (Å²) in [4.78, 5) is 0. The van der Waals surface area contributed by atoms with E-state index >= 15 is 0 Å². The molecule has 1 aliphatic rings. The molecule has 0 saturated heterocycles. The molecule has 0 aromatic heterocycles. The van der Waals surface area contributed by atoms with E-state index in [0.717, 1.165) is 11.1 Å². The van der Waals surface area contributed by atoms with Crippen LogP contribution < -0.4 is 14.2 Å². The molecule has 0 fully saturated rings. The van der Waals surface area contributed by atoms with Gasteiger partial charge < -0.3 is 9.47 Å². The lowest BCUT2D eigenvalue weighted by Crippen LogP contribution is -2.27. The lowest BCUT2D eigenvalue weighted by atomic mass is 10.2. The van der Waals surface area contributed by atoms with Crippen molar-refractivity contribution in [1.82, 2.24) is 4.72 Å². The molecular weight excluding hydrogens is 302 g/mol. The van der Waals surface area contributed by atoms with Gasteiger partial charge in [0, 0.05) is 12.1 Å². The maximum Gasteiger partial charge on any atom is 0.231 e. The highest BCUT2D eigenvalue weighted by molar-refractivity contribution is 7.89. The van der Waals surface area contributed by atoms with Crippen LogP contribution >= 0.6 is 0 Å². The fourth-order valence-corrected chi connectivity index (χ4v) is 3.31. The molecule has 1 aliphatic heterocycles. The number of sulfonamides is 1.